The van der Waals surface area contributed by atoms with E-state index in [4.69, 9.17) is 21.1 Å². The highest BCUT2D eigenvalue weighted by Gasteiger charge is 2.27. The fraction of sp³-hybridized carbons (Fsp3) is 0.0417. The summed E-state index contributed by atoms with van der Waals surface area (Å²) in [6.45, 7) is 1.56. The number of nitro groups is 1. The minimum absolute atomic E-state index is 0.00209. The fourth-order valence-corrected chi connectivity index (χ4v) is 3.37. The van der Waals surface area contributed by atoms with Gasteiger partial charge < -0.3 is 9.47 Å². The predicted octanol–water partition coefficient (Wildman–Crippen LogP) is 5.12. The van der Waals surface area contributed by atoms with Gasteiger partial charge in [0.15, 0.2) is 5.70 Å². The summed E-state index contributed by atoms with van der Waals surface area (Å²) in [6, 6.07) is 17.4. The van der Waals surface area contributed by atoms with Crippen LogP contribution in [0.4, 0.5) is 5.69 Å². The van der Waals surface area contributed by atoms with Crippen LogP contribution >= 0.6 is 11.6 Å². The first-order chi connectivity index (χ1) is 15.8. The van der Waals surface area contributed by atoms with Crippen LogP contribution in [0.1, 0.15) is 27.0 Å². The van der Waals surface area contributed by atoms with Crippen LogP contribution in [0.2, 0.25) is 5.02 Å². The molecule has 3 aromatic carbocycles. The standard InChI is InChI=1S/C24H15ClN2O6/c1-14-17(6-4-8-21(14)27(30)31)22-26-20(24(29)33-22)13-15-9-11-16(12-10-15)32-23(28)18-5-2-3-7-19(18)25/h2-13H,1H3/b20-13-. The number of halogens is 1. The molecule has 33 heavy (non-hydrogen) atoms. The molecule has 8 nitrogen and oxygen atoms in total. The van der Waals surface area contributed by atoms with Gasteiger partial charge >= 0.3 is 11.9 Å². The van der Waals surface area contributed by atoms with Crippen molar-refractivity contribution in [1.82, 2.24) is 0 Å². The maximum absolute atomic E-state index is 12.3. The number of rotatable bonds is 5. The third kappa shape index (κ3) is 4.65. The number of hydrogen-bond donors (Lipinski definition) is 0. The molecule has 0 aliphatic carbocycles. The van der Waals surface area contributed by atoms with Crippen molar-refractivity contribution in [2.75, 3.05) is 0 Å². The van der Waals surface area contributed by atoms with Crippen LogP contribution < -0.4 is 4.74 Å². The molecule has 0 amide bonds. The molecular weight excluding hydrogens is 448 g/mol. The molecule has 0 atom stereocenters. The summed E-state index contributed by atoms with van der Waals surface area (Å²) >= 11 is 6.01. The van der Waals surface area contributed by atoms with Gasteiger partial charge in [0, 0.05) is 17.2 Å². The molecular formula is C24H15ClN2O6. The van der Waals surface area contributed by atoms with E-state index in [9.17, 15) is 19.7 Å². The second kappa shape index (κ2) is 9.05. The van der Waals surface area contributed by atoms with Crippen molar-refractivity contribution in [2.45, 2.75) is 6.92 Å². The van der Waals surface area contributed by atoms with Crippen molar-refractivity contribution in [3.05, 3.63) is 110 Å². The van der Waals surface area contributed by atoms with E-state index in [-0.39, 0.29) is 27.9 Å². The Labute approximate surface area is 192 Å². The number of ether oxygens (including phenoxy) is 2. The molecule has 0 saturated carbocycles. The van der Waals surface area contributed by atoms with Gasteiger partial charge in [-0.2, -0.15) is 0 Å². The number of nitro benzene ring substituents is 1. The first kappa shape index (κ1) is 21.9. The highest BCUT2D eigenvalue weighted by atomic mass is 35.5. The Bertz CT molecular complexity index is 1350. The van der Waals surface area contributed by atoms with Gasteiger partial charge in [-0.3, -0.25) is 10.1 Å². The van der Waals surface area contributed by atoms with Crippen LogP contribution in [-0.4, -0.2) is 22.8 Å². The highest BCUT2D eigenvalue weighted by molar-refractivity contribution is 6.33. The zero-order valence-corrected chi connectivity index (χ0v) is 17.9. The predicted molar refractivity (Wildman–Crippen MR) is 121 cm³/mol. The number of hydrogen-bond acceptors (Lipinski definition) is 7. The summed E-state index contributed by atoms with van der Waals surface area (Å²) in [6.07, 6.45) is 1.50. The zero-order chi connectivity index (χ0) is 23.5. The molecule has 0 bridgehead atoms. The van der Waals surface area contributed by atoms with Crippen molar-refractivity contribution in [3.63, 3.8) is 0 Å². The third-order valence-corrected chi connectivity index (χ3v) is 5.17. The van der Waals surface area contributed by atoms with Crippen molar-refractivity contribution in [1.29, 1.82) is 0 Å². The molecule has 4 rings (SSSR count). The van der Waals surface area contributed by atoms with Gasteiger partial charge in [-0.05, 0) is 48.9 Å². The monoisotopic (exact) mass is 462 g/mol. The lowest BCUT2D eigenvalue weighted by Crippen LogP contribution is -2.09. The van der Waals surface area contributed by atoms with Crippen molar-refractivity contribution < 1.29 is 24.0 Å². The average molecular weight is 463 g/mol. The summed E-state index contributed by atoms with van der Waals surface area (Å²) in [5.41, 5.74) is 1.52. The first-order valence-electron chi connectivity index (χ1n) is 9.67. The first-order valence-corrected chi connectivity index (χ1v) is 10.0. The van der Waals surface area contributed by atoms with Crippen LogP contribution in [0.25, 0.3) is 6.08 Å². The van der Waals surface area contributed by atoms with Gasteiger partial charge in [-0.15, -0.1) is 0 Å². The van der Waals surface area contributed by atoms with Crippen LogP contribution in [0.3, 0.4) is 0 Å². The maximum Gasteiger partial charge on any atom is 0.363 e. The zero-order valence-electron chi connectivity index (χ0n) is 17.2. The molecule has 0 radical (unpaired) electrons. The summed E-state index contributed by atoms with van der Waals surface area (Å²) in [4.78, 5) is 39.4. The fourth-order valence-electron chi connectivity index (χ4n) is 3.16. The topological polar surface area (TPSA) is 108 Å². The highest BCUT2D eigenvalue weighted by Crippen LogP contribution is 2.26. The Hall–Kier alpha value is -4.30. The maximum atomic E-state index is 12.3. The van der Waals surface area contributed by atoms with Crippen LogP contribution in [0.15, 0.2) is 77.4 Å². The number of carbonyl (C=O) groups is 2. The molecule has 0 N–H and O–H groups in total. The van der Waals surface area contributed by atoms with Gasteiger partial charge in [0.2, 0.25) is 5.90 Å². The molecule has 9 heteroatoms. The number of nitrogens with zero attached hydrogens (tertiary/aromatic N) is 2. The molecule has 0 fully saturated rings. The largest absolute Gasteiger partial charge is 0.423 e. The lowest BCUT2D eigenvalue weighted by Gasteiger charge is -2.06. The molecule has 3 aromatic rings. The van der Waals surface area contributed by atoms with E-state index in [0.29, 0.717) is 22.4 Å². The Morgan fingerprint density at radius 3 is 2.52 bits per heavy atom. The van der Waals surface area contributed by atoms with E-state index in [1.165, 1.54) is 18.2 Å². The number of esters is 2. The summed E-state index contributed by atoms with van der Waals surface area (Å²) < 4.78 is 10.6. The normalized spacial score (nSPS) is 14.1. The molecule has 1 aliphatic rings. The molecule has 0 aromatic heterocycles. The molecule has 1 aliphatic heterocycles. The molecule has 0 saturated heterocycles. The van der Waals surface area contributed by atoms with E-state index >= 15 is 0 Å². The van der Waals surface area contributed by atoms with E-state index in [2.05, 4.69) is 4.99 Å². The van der Waals surface area contributed by atoms with Gasteiger partial charge in [0.05, 0.1) is 15.5 Å². The second-order valence-corrected chi connectivity index (χ2v) is 7.39. The minimum Gasteiger partial charge on any atom is -0.423 e. The van der Waals surface area contributed by atoms with Crippen LogP contribution in [0, 0.1) is 17.0 Å². The molecule has 164 valence electrons. The number of benzene rings is 3. The van der Waals surface area contributed by atoms with Gasteiger partial charge in [0.25, 0.3) is 5.69 Å². The van der Waals surface area contributed by atoms with E-state index < -0.39 is 16.9 Å². The van der Waals surface area contributed by atoms with Crippen LogP contribution in [-0.2, 0) is 9.53 Å². The third-order valence-electron chi connectivity index (χ3n) is 4.84. The lowest BCUT2D eigenvalue weighted by molar-refractivity contribution is -0.385. The van der Waals surface area contributed by atoms with Crippen molar-refractivity contribution in [3.8, 4) is 5.75 Å². The lowest BCUT2D eigenvalue weighted by atomic mass is 10.1. The Morgan fingerprint density at radius 1 is 1.09 bits per heavy atom. The minimum atomic E-state index is -0.676. The van der Waals surface area contributed by atoms with E-state index in [1.54, 1.807) is 61.5 Å². The SMILES string of the molecule is Cc1c(C2=N/C(=C\c3ccc(OC(=O)c4ccccc4Cl)cc3)C(=O)O2)cccc1[N+](=O)[O-]. The van der Waals surface area contributed by atoms with Gasteiger partial charge in [-0.1, -0.05) is 41.9 Å². The number of aliphatic imine (C=N–C) groups is 1. The van der Waals surface area contributed by atoms with E-state index in [0.717, 1.165) is 0 Å². The van der Waals surface area contributed by atoms with Crippen molar-refractivity contribution in [2.24, 2.45) is 4.99 Å². The molecule has 0 unspecified atom stereocenters. The van der Waals surface area contributed by atoms with Gasteiger partial charge in [0.1, 0.15) is 5.75 Å². The van der Waals surface area contributed by atoms with Crippen molar-refractivity contribution >= 4 is 41.2 Å². The molecule has 1 heterocycles. The Balaban J connectivity index is 1.54. The summed E-state index contributed by atoms with van der Waals surface area (Å²) in [5.74, 6) is -0.969. The second-order valence-electron chi connectivity index (χ2n) is 6.98. The molecule has 0 spiro atoms. The Morgan fingerprint density at radius 2 is 1.82 bits per heavy atom. The van der Waals surface area contributed by atoms with Crippen LogP contribution in [0.5, 0.6) is 5.75 Å². The number of carbonyl (C=O) groups excluding carboxylic acids is 2. The average Bonchev–Trinajstić information content (AvgIpc) is 3.15. The van der Waals surface area contributed by atoms with Gasteiger partial charge in [-0.25, -0.2) is 14.6 Å². The Kier molecular flexibility index (Phi) is 6.01. The summed E-state index contributed by atoms with van der Waals surface area (Å²) in [7, 11) is 0. The quantitative estimate of drug-likeness (QED) is 0.171. The smallest absolute Gasteiger partial charge is 0.363 e. The number of cyclic esters (lactones) is 1. The summed E-state index contributed by atoms with van der Waals surface area (Å²) in [5, 5.41) is 11.4. The van der Waals surface area contributed by atoms with E-state index in [1.807, 2.05) is 0 Å².